The van der Waals surface area contributed by atoms with Gasteiger partial charge in [0.05, 0.1) is 10.6 Å². The zero-order chi connectivity index (χ0) is 14.7. The molecule has 2 rings (SSSR count). The molecule has 104 valence electrons. The molecule has 0 aliphatic carbocycles. The molecule has 0 aromatic heterocycles. The van der Waals surface area contributed by atoms with Gasteiger partial charge in [0.1, 0.15) is 10.3 Å². The SMILES string of the molecule is CN(Cc1cccc([N+](=O)[O-])c1Br)c1ccccc1F. The van der Waals surface area contributed by atoms with Crippen molar-refractivity contribution in [3.05, 3.63) is 68.4 Å². The van der Waals surface area contributed by atoms with Crippen molar-refractivity contribution in [1.82, 2.24) is 0 Å². The second-order valence-electron chi connectivity index (χ2n) is 4.31. The molecule has 0 bridgehead atoms. The van der Waals surface area contributed by atoms with Crippen molar-refractivity contribution in [2.75, 3.05) is 11.9 Å². The molecule has 0 spiro atoms. The number of hydrogen-bond donors (Lipinski definition) is 0. The van der Waals surface area contributed by atoms with Crippen LogP contribution in [-0.4, -0.2) is 12.0 Å². The van der Waals surface area contributed by atoms with Crippen molar-refractivity contribution in [2.24, 2.45) is 0 Å². The normalized spacial score (nSPS) is 10.3. The summed E-state index contributed by atoms with van der Waals surface area (Å²) in [4.78, 5) is 12.1. The maximum atomic E-state index is 13.7. The Balaban J connectivity index is 2.29. The van der Waals surface area contributed by atoms with Gasteiger partial charge in [0.15, 0.2) is 0 Å². The van der Waals surface area contributed by atoms with Gasteiger partial charge >= 0.3 is 0 Å². The van der Waals surface area contributed by atoms with Gasteiger partial charge in [-0.1, -0.05) is 24.3 Å². The fraction of sp³-hybridized carbons (Fsp3) is 0.143. The molecule has 0 atom stereocenters. The average molecular weight is 339 g/mol. The lowest BCUT2D eigenvalue weighted by Crippen LogP contribution is -2.18. The van der Waals surface area contributed by atoms with Crippen LogP contribution in [0.3, 0.4) is 0 Å². The summed E-state index contributed by atoms with van der Waals surface area (Å²) in [6.45, 7) is 0.364. The van der Waals surface area contributed by atoms with Crippen LogP contribution in [0, 0.1) is 15.9 Å². The van der Waals surface area contributed by atoms with E-state index in [1.165, 1.54) is 12.1 Å². The van der Waals surface area contributed by atoms with E-state index in [9.17, 15) is 14.5 Å². The number of rotatable bonds is 4. The quantitative estimate of drug-likeness (QED) is 0.621. The first-order valence-electron chi connectivity index (χ1n) is 5.88. The van der Waals surface area contributed by atoms with Crippen molar-refractivity contribution in [3.63, 3.8) is 0 Å². The van der Waals surface area contributed by atoms with Crippen LogP contribution in [0.5, 0.6) is 0 Å². The molecule has 2 aromatic carbocycles. The highest BCUT2D eigenvalue weighted by Gasteiger charge is 2.16. The molecule has 0 saturated carbocycles. The van der Waals surface area contributed by atoms with Crippen LogP contribution in [0.1, 0.15) is 5.56 Å². The summed E-state index contributed by atoms with van der Waals surface area (Å²) in [7, 11) is 1.74. The van der Waals surface area contributed by atoms with E-state index in [4.69, 9.17) is 0 Å². The molecule has 0 radical (unpaired) electrons. The van der Waals surface area contributed by atoms with Gasteiger partial charge in [-0.05, 0) is 33.6 Å². The first-order valence-corrected chi connectivity index (χ1v) is 6.67. The minimum Gasteiger partial charge on any atom is -0.368 e. The number of nitrogens with zero attached hydrogens (tertiary/aromatic N) is 2. The van der Waals surface area contributed by atoms with Gasteiger partial charge < -0.3 is 4.90 Å². The Labute approximate surface area is 124 Å². The summed E-state index contributed by atoms with van der Waals surface area (Å²) in [6.07, 6.45) is 0. The molecule has 0 unspecified atom stereocenters. The van der Waals surface area contributed by atoms with Gasteiger partial charge in [0, 0.05) is 19.7 Å². The minimum atomic E-state index is -0.448. The van der Waals surface area contributed by atoms with Crippen LogP contribution in [0.2, 0.25) is 0 Å². The van der Waals surface area contributed by atoms with Gasteiger partial charge in [-0.3, -0.25) is 10.1 Å². The molecule has 0 aliphatic heterocycles. The highest BCUT2D eigenvalue weighted by molar-refractivity contribution is 9.10. The molecule has 2 aromatic rings. The van der Waals surface area contributed by atoms with Gasteiger partial charge in [0.25, 0.3) is 5.69 Å². The summed E-state index contributed by atoms with van der Waals surface area (Å²) in [5.74, 6) is -0.323. The molecular formula is C14H12BrFN2O2. The Kier molecular flexibility index (Phi) is 4.34. The van der Waals surface area contributed by atoms with Gasteiger partial charge in [-0.15, -0.1) is 0 Å². The number of benzene rings is 2. The van der Waals surface area contributed by atoms with Crippen LogP contribution in [0.25, 0.3) is 0 Å². The standard InChI is InChI=1S/C14H12BrFN2O2/c1-17(12-7-3-2-6-11(12)16)9-10-5-4-8-13(14(10)15)18(19)20/h2-8H,9H2,1H3. The lowest BCUT2D eigenvalue weighted by atomic mass is 10.2. The van der Waals surface area contributed by atoms with Gasteiger partial charge in [-0.25, -0.2) is 4.39 Å². The summed E-state index contributed by atoms with van der Waals surface area (Å²) >= 11 is 3.24. The van der Waals surface area contributed by atoms with Crippen molar-refractivity contribution >= 4 is 27.3 Å². The number of anilines is 1. The zero-order valence-electron chi connectivity index (χ0n) is 10.7. The first-order chi connectivity index (χ1) is 9.50. The van der Waals surface area contributed by atoms with Crippen LogP contribution < -0.4 is 4.90 Å². The van der Waals surface area contributed by atoms with Crippen LogP contribution in [0.15, 0.2) is 46.9 Å². The average Bonchev–Trinajstić information content (AvgIpc) is 2.41. The summed E-state index contributed by atoms with van der Waals surface area (Å²) < 4.78 is 14.1. The van der Waals surface area contributed by atoms with E-state index in [1.54, 1.807) is 42.3 Å². The number of halogens is 2. The van der Waals surface area contributed by atoms with Crippen LogP contribution in [-0.2, 0) is 6.54 Å². The lowest BCUT2D eigenvalue weighted by Gasteiger charge is -2.20. The number of para-hydroxylation sites is 1. The molecule has 0 saturated heterocycles. The Morgan fingerprint density at radius 1 is 1.25 bits per heavy atom. The molecule has 0 fully saturated rings. The monoisotopic (exact) mass is 338 g/mol. The highest BCUT2D eigenvalue weighted by Crippen LogP contribution is 2.30. The highest BCUT2D eigenvalue weighted by atomic mass is 79.9. The fourth-order valence-corrected chi connectivity index (χ4v) is 2.47. The van der Waals surface area contributed by atoms with Crippen molar-refractivity contribution in [3.8, 4) is 0 Å². The molecule has 0 aliphatic rings. The molecule has 0 amide bonds. The second-order valence-corrected chi connectivity index (χ2v) is 5.11. The van der Waals surface area contributed by atoms with E-state index in [2.05, 4.69) is 15.9 Å². The second kappa shape index (κ2) is 6.00. The third-order valence-corrected chi connectivity index (χ3v) is 3.84. The largest absolute Gasteiger partial charge is 0.368 e. The summed E-state index contributed by atoms with van der Waals surface area (Å²) in [5.41, 5.74) is 1.18. The van der Waals surface area contributed by atoms with E-state index >= 15 is 0 Å². The molecule has 20 heavy (non-hydrogen) atoms. The Morgan fingerprint density at radius 2 is 1.95 bits per heavy atom. The molecular weight excluding hydrogens is 327 g/mol. The lowest BCUT2D eigenvalue weighted by molar-refractivity contribution is -0.385. The van der Waals surface area contributed by atoms with E-state index in [0.717, 1.165) is 5.56 Å². The fourth-order valence-electron chi connectivity index (χ4n) is 1.93. The molecule has 0 N–H and O–H groups in total. The minimum absolute atomic E-state index is 0.00411. The first kappa shape index (κ1) is 14.5. The number of nitro groups is 1. The van der Waals surface area contributed by atoms with Crippen LogP contribution >= 0.6 is 15.9 Å². The van der Waals surface area contributed by atoms with Gasteiger partial charge in [0.2, 0.25) is 0 Å². The third-order valence-electron chi connectivity index (χ3n) is 2.93. The number of hydrogen-bond acceptors (Lipinski definition) is 3. The van der Waals surface area contributed by atoms with Crippen molar-refractivity contribution in [1.29, 1.82) is 0 Å². The molecule has 0 heterocycles. The van der Waals surface area contributed by atoms with Gasteiger partial charge in [-0.2, -0.15) is 0 Å². The third kappa shape index (κ3) is 2.96. The Morgan fingerprint density at radius 3 is 2.60 bits per heavy atom. The van der Waals surface area contributed by atoms with E-state index in [-0.39, 0.29) is 11.5 Å². The summed E-state index contributed by atoms with van der Waals surface area (Å²) in [6, 6.07) is 11.2. The molecule has 6 heteroatoms. The van der Waals surface area contributed by atoms with Crippen molar-refractivity contribution < 1.29 is 9.31 Å². The maximum absolute atomic E-state index is 13.7. The summed E-state index contributed by atoms with van der Waals surface area (Å²) in [5, 5.41) is 10.9. The predicted octanol–water partition coefficient (Wildman–Crippen LogP) is 4.13. The molecule has 4 nitrogen and oxygen atoms in total. The Bertz CT molecular complexity index is 649. The Hall–Kier alpha value is -1.95. The van der Waals surface area contributed by atoms with E-state index < -0.39 is 4.92 Å². The smallest absolute Gasteiger partial charge is 0.283 e. The zero-order valence-corrected chi connectivity index (χ0v) is 12.3. The van der Waals surface area contributed by atoms with Crippen molar-refractivity contribution in [2.45, 2.75) is 6.54 Å². The maximum Gasteiger partial charge on any atom is 0.283 e. The van der Waals surface area contributed by atoms with E-state index in [1.807, 2.05) is 0 Å². The number of nitro benzene ring substituents is 1. The van der Waals surface area contributed by atoms with Crippen LogP contribution in [0.4, 0.5) is 15.8 Å². The van der Waals surface area contributed by atoms with E-state index in [0.29, 0.717) is 16.7 Å². The predicted molar refractivity (Wildman–Crippen MR) is 79.3 cm³/mol. The topological polar surface area (TPSA) is 46.4 Å².